The van der Waals surface area contributed by atoms with E-state index in [0.29, 0.717) is 28.6 Å². The van der Waals surface area contributed by atoms with E-state index in [1.165, 1.54) is 23.1 Å². The van der Waals surface area contributed by atoms with Gasteiger partial charge in [-0.3, -0.25) is 0 Å². The summed E-state index contributed by atoms with van der Waals surface area (Å²) >= 11 is 3.25. The van der Waals surface area contributed by atoms with Crippen molar-refractivity contribution in [3.05, 3.63) is 53.0 Å². The summed E-state index contributed by atoms with van der Waals surface area (Å²) in [6.45, 7) is 4.16. The van der Waals surface area contributed by atoms with Crippen LogP contribution >= 0.6 is 15.9 Å². The lowest BCUT2D eigenvalue weighted by molar-refractivity contribution is 0.248. The maximum Gasteiger partial charge on any atom is 0.319 e. The van der Waals surface area contributed by atoms with Crippen LogP contribution in [0.25, 0.3) is 5.95 Å². The van der Waals surface area contributed by atoms with Gasteiger partial charge in [-0.05, 0) is 41.4 Å². The third-order valence-electron chi connectivity index (χ3n) is 3.78. The molecule has 11 heteroatoms. The summed E-state index contributed by atoms with van der Waals surface area (Å²) in [6.07, 6.45) is 5.30. The average molecular weight is 464 g/mol. The fourth-order valence-corrected chi connectivity index (χ4v) is 2.90. The minimum atomic E-state index is -0.608. The normalized spacial score (nSPS) is 11.7. The number of carbonyl (C=O) groups is 1. The second-order valence-electron chi connectivity index (χ2n) is 6.01. The van der Waals surface area contributed by atoms with Crippen molar-refractivity contribution in [2.24, 2.45) is 0 Å². The molecule has 0 radical (unpaired) electrons. The first-order valence-electron chi connectivity index (χ1n) is 8.86. The summed E-state index contributed by atoms with van der Waals surface area (Å²) in [5.41, 5.74) is -0.00290. The molecule has 1 aromatic carbocycles. The topological polar surface area (TPSA) is 107 Å². The molecule has 2 heterocycles. The first kappa shape index (κ1) is 20.6. The van der Waals surface area contributed by atoms with E-state index in [0.717, 1.165) is 6.42 Å². The minimum Gasteiger partial charge on any atom is -0.492 e. The first-order chi connectivity index (χ1) is 14.0. The summed E-state index contributed by atoms with van der Waals surface area (Å²) in [4.78, 5) is 24.8. The number of aromatic nitrogens is 5. The monoisotopic (exact) mass is 463 g/mol. The number of urea groups is 1. The molecule has 2 N–H and O–H groups in total. The molecule has 0 aliphatic carbocycles. The average Bonchev–Trinajstić information content (AvgIpc) is 3.20. The predicted molar refractivity (Wildman–Crippen MR) is 107 cm³/mol. The molecule has 3 aromatic rings. The van der Waals surface area contributed by atoms with Gasteiger partial charge in [-0.2, -0.15) is 9.78 Å². The van der Waals surface area contributed by atoms with Gasteiger partial charge in [-0.1, -0.05) is 6.92 Å². The van der Waals surface area contributed by atoms with Crippen LogP contribution in [0.5, 0.6) is 5.75 Å². The zero-order valence-corrected chi connectivity index (χ0v) is 17.4. The smallest absolute Gasteiger partial charge is 0.319 e. The highest BCUT2D eigenvalue weighted by atomic mass is 79.9. The Bertz CT molecular complexity index is 984. The largest absolute Gasteiger partial charge is 0.492 e. The van der Waals surface area contributed by atoms with Crippen molar-refractivity contribution in [3.8, 4) is 11.7 Å². The van der Waals surface area contributed by atoms with Gasteiger partial charge in [-0.25, -0.2) is 24.1 Å². The Hall–Kier alpha value is -3.08. The van der Waals surface area contributed by atoms with E-state index in [2.05, 4.69) is 46.6 Å². The van der Waals surface area contributed by atoms with Crippen molar-refractivity contribution in [1.82, 2.24) is 30.0 Å². The van der Waals surface area contributed by atoms with Crippen LogP contribution in [0, 0.1) is 5.82 Å². The molecule has 3 rings (SSSR count). The predicted octanol–water partition coefficient (Wildman–Crippen LogP) is 3.63. The number of hydrogen-bond acceptors (Lipinski definition) is 6. The lowest BCUT2D eigenvalue weighted by Crippen LogP contribution is -2.33. The van der Waals surface area contributed by atoms with Gasteiger partial charge in [0.15, 0.2) is 5.82 Å². The van der Waals surface area contributed by atoms with Gasteiger partial charge in [0.25, 0.3) is 5.95 Å². The van der Waals surface area contributed by atoms with Gasteiger partial charge in [0.2, 0.25) is 0 Å². The van der Waals surface area contributed by atoms with Crippen LogP contribution in [0.15, 0.2) is 41.4 Å². The number of rotatable bonds is 7. The summed E-state index contributed by atoms with van der Waals surface area (Å²) in [5, 5.41) is 9.28. The Morgan fingerprint density at radius 3 is 2.79 bits per heavy atom. The summed E-state index contributed by atoms with van der Waals surface area (Å²) in [7, 11) is 0. The van der Waals surface area contributed by atoms with Gasteiger partial charge in [-0.15, -0.1) is 0 Å². The second kappa shape index (κ2) is 9.41. The number of nitrogens with one attached hydrogen (secondary N) is 2. The van der Waals surface area contributed by atoms with Crippen molar-refractivity contribution in [3.63, 3.8) is 0 Å². The highest BCUT2D eigenvalue weighted by molar-refractivity contribution is 9.10. The van der Waals surface area contributed by atoms with Crippen molar-refractivity contribution in [1.29, 1.82) is 0 Å². The van der Waals surface area contributed by atoms with Gasteiger partial charge < -0.3 is 15.4 Å². The van der Waals surface area contributed by atoms with E-state index < -0.39 is 17.9 Å². The zero-order chi connectivity index (χ0) is 20.8. The number of benzene rings is 1. The van der Waals surface area contributed by atoms with E-state index in [4.69, 9.17) is 4.74 Å². The van der Waals surface area contributed by atoms with Crippen molar-refractivity contribution >= 4 is 27.6 Å². The molecule has 2 aromatic heterocycles. The molecular formula is C18H19BrFN7O2. The van der Waals surface area contributed by atoms with Crippen LogP contribution in [0.2, 0.25) is 0 Å². The number of amides is 2. The Morgan fingerprint density at radius 1 is 1.31 bits per heavy atom. The van der Waals surface area contributed by atoms with Gasteiger partial charge in [0.05, 0.1) is 22.8 Å². The highest BCUT2D eigenvalue weighted by Crippen LogP contribution is 2.31. The van der Waals surface area contributed by atoms with Crippen LogP contribution in [0.4, 0.5) is 14.9 Å². The Kier molecular flexibility index (Phi) is 6.70. The SMILES string of the molecule is CCCOc1cc(NC(=O)N[C@@H](C)c2ncnn2-c2ncccn2)c(F)cc1Br. The molecule has 0 saturated heterocycles. The number of ether oxygens (including phenoxy) is 1. The van der Waals surface area contributed by atoms with E-state index in [-0.39, 0.29) is 5.69 Å². The molecule has 0 aliphatic heterocycles. The van der Waals surface area contributed by atoms with Crippen LogP contribution < -0.4 is 15.4 Å². The van der Waals surface area contributed by atoms with Crippen LogP contribution in [-0.4, -0.2) is 37.4 Å². The van der Waals surface area contributed by atoms with Crippen molar-refractivity contribution < 1.29 is 13.9 Å². The highest BCUT2D eigenvalue weighted by Gasteiger charge is 2.19. The third-order valence-corrected chi connectivity index (χ3v) is 4.40. The Morgan fingerprint density at radius 2 is 2.07 bits per heavy atom. The number of anilines is 1. The molecular weight excluding hydrogens is 445 g/mol. The summed E-state index contributed by atoms with van der Waals surface area (Å²) in [5.74, 6) is 0.599. The Labute approximate surface area is 174 Å². The lowest BCUT2D eigenvalue weighted by Gasteiger charge is -2.16. The van der Waals surface area contributed by atoms with E-state index in [1.54, 1.807) is 25.4 Å². The molecule has 0 unspecified atom stereocenters. The van der Waals surface area contributed by atoms with Crippen molar-refractivity contribution in [2.75, 3.05) is 11.9 Å². The lowest BCUT2D eigenvalue weighted by atomic mass is 10.3. The molecule has 1 atom stereocenters. The molecule has 0 fully saturated rings. The fourth-order valence-electron chi connectivity index (χ4n) is 2.47. The zero-order valence-electron chi connectivity index (χ0n) is 15.8. The maximum atomic E-state index is 14.2. The number of hydrogen-bond donors (Lipinski definition) is 2. The molecule has 0 aliphatic rings. The quantitative estimate of drug-likeness (QED) is 0.553. The first-order valence-corrected chi connectivity index (χ1v) is 9.65. The fraction of sp³-hybridized carbons (Fsp3) is 0.278. The second-order valence-corrected chi connectivity index (χ2v) is 6.86. The van der Waals surface area contributed by atoms with E-state index in [1.807, 2.05) is 6.92 Å². The molecule has 2 amide bonds. The molecule has 0 spiro atoms. The van der Waals surface area contributed by atoms with Crippen molar-refractivity contribution in [2.45, 2.75) is 26.3 Å². The summed E-state index contributed by atoms with van der Waals surface area (Å²) in [6, 6.07) is 3.20. The van der Waals surface area contributed by atoms with E-state index >= 15 is 0 Å². The molecule has 0 bridgehead atoms. The molecule has 0 saturated carbocycles. The Balaban J connectivity index is 1.71. The van der Waals surface area contributed by atoms with E-state index in [9.17, 15) is 9.18 Å². The van der Waals surface area contributed by atoms with Gasteiger partial charge in [0.1, 0.15) is 17.9 Å². The molecule has 9 nitrogen and oxygen atoms in total. The van der Waals surface area contributed by atoms with Crippen LogP contribution in [0.1, 0.15) is 32.1 Å². The van der Waals surface area contributed by atoms with Crippen LogP contribution in [-0.2, 0) is 0 Å². The molecule has 29 heavy (non-hydrogen) atoms. The number of halogens is 2. The number of carbonyl (C=O) groups excluding carboxylic acids is 1. The standard InChI is InChI=1S/C18H19BrFN7O2/c1-3-7-29-15-9-14(13(20)8-12(15)19)26-18(28)25-11(2)16-23-10-24-27(16)17-21-5-4-6-22-17/h4-6,8-11H,3,7H2,1-2H3,(H2,25,26,28)/t11-/m0/s1. The van der Waals surface area contributed by atoms with Gasteiger partial charge in [0, 0.05) is 18.5 Å². The number of nitrogens with zero attached hydrogens (tertiary/aromatic N) is 5. The van der Waals surface area contributed by atoms with Crippen LogP contribution in [0.3, 0.4) is 0 Å². The maximum absolute atomic E-state index is 14.2. The minimum absolute atomic E-state index is 0.00290. The molecule has 152 valence electrons. The third kappa shape index (κ3) is 5.05. The summed E-state index contributed by atoms with van der Waals surface area (Å²) < 4.78 is 21.7. The van der Waals surface area contributed by atoms with Gasteiger partial charge >= 0.3 is 6.03 Å².